The molecule has 1 aliphatic rings. The Morgan fingerprint density at radius 3 is 2.58 bits per heavy atom. The first-order chi connectivity index (χ1) is 15.2. The van der Waals surface area contributed by atoms with Crippen LogP contribution >= 0.6 is 0 Å². The van der Waals surface area contributed by atoms with Crippen molar-refractivity contribution in [2.75, 3.05) is 23.3 Å². The van der Waals surface area contributed by atoms with Crippen molar-refractivity contribution in [3.05, 3.63) is 82.7 Å². The third kappa shape index (κ3) is 3.90. The quantitative estimate of drug-likeness (QED) is 0.508. The summed E-state index contributed by atoms with van der Waals surface area (Å²) < 4.78 is 5.26. The number of rotatable bonds is 4. The molecule has 1 fully saturated rings. The Bertz CT molecular complexity index is 1310. The molecule has 0 atom stereocenters. The van der Waals surface area contributed by atoms with Crippen molar-refractivity contribution in [1.29, 1.82) is 0 Å². The first kappa shape index (κ1) is 19.0. The first-order valence-corrected chi connectivity index (χ1v) is 10.2. The zero-order chi connectivity index (χ0) is 21.2. The van der Waals surface area contributed by atoms with Crippen molar-refractivity contribution in [3.8, 4) is 11.3 Å². The summed E-state index contributed by atoms with van der Waals surface area (Å²) in [5, 5.41) is 12.2. The molecule has 0 saturated carbocycles. The van der Waals surface area contributed by atoms with E-state index in [-0.39, 0.29) is 5.56 Å². The number of nitrogens with zero attached hydrogens (tertiary/aromatic N) is 3. The number of aromatic nitrogens is 2. The number of para-hydroxylation sites is 1. The summed E-state index contributed by atoms with van der Waals surface area (Å²) in [5.74, 6) is 0.362. The van der Waals surface area contributed by atoms with E-state index >= 15 is 0 Å². The molecule has 1 aliphatic heterocycles. The van der Waals surface area contributed by atoms with Crippen LogP contribution in [0.15, 0.2) is 75.9 Å². The van der Waals surface area contributed by atoms with Gasteiger partial charge in [-0.1, -0.05) is 30.3 Å². The lowest BCUT2D eigenvalue weighted by Crippen LogP contribution is -2.20. The third-order valence-corrected chi connectivity index (χ3v) is 5.38. The zero-order valence-corrected chi connectivity index (χ0v) is 16.7. The second-order valence-corrected chi connectivity index (χ2v) is 7.49. The summed E-state index contributed by atoms with van der Waals surface area (Å²) in [6.45, 7) is 2.02. The Morgan fingerprint density at radius 2 is 1.77 bits per heavy atom. The fourth-order valence-electron chi connectivity index (χ4n) is 3.77. The van der Waals surface area contributed by atoms with Crippen LogP contribution < -0.4 is 15.8 Å². The molecule has 0 bridgehead atoms. The maximum atomic E-state index is 12.7. The zero-order valence-electron chi connectivity index (χ0n) is 16.7. The summed E-state index contributed by atoms with van der Waals surface area (Å²) in [7, 11) is 0. The van der Waals surface area contributed by atoms with Crippen molar-refractivity contribution in [2.24, 2.45) is 0 Å². The van der Waals surface area contributed by atoms with Gasteiger partial charge >= 0.3 is 5.63 Å². The molecule has 0 spiro atoms. The molecule has 0 radical (unpaired) electrons. The molecule has 1 saturated heterocycles. The van der Waals surface area contributed by atoms with Gasteiger partial charge in [-0.05, 0) is 49.2 Å². The van der Waals surface area contributed by atoms with Crippen molar-refractivity contribution in [3.63, 3.8) is 0 Å². The highest BCUT2D eigenvalue weighted by Gasteiger charge is 2.16. The van der Waals surface area contributed by atoms with Crippen LogP contribution in [-0.4, -0.2) is 29.2 Å². The summed E-state index contributed by atoms with van der Waals surface area (Å²) in [6, 6.07) is 19.8. The molecule has 3 heterocycles. The molecule has 4 aromatic rings. The number of amides is 1. The van der Waals surface area contributed by atoms with Crippen molar-refractivity contribution >= 4 is 28.4 Å². The Balaban J connectivity index is 1.37. The maximum Gasteiger partial charge on any atom is 0.349 e. The monoisotopic (exact) mass is 412 g/mol. The van der Waals surface area contributed by atoms with Crippen LogP contribution in [0.1, 0.15) is 23.2 Å². The number of hydrogen-bond acceptors (Lipinski definition) is 6. The van der Waals surface area contributed by atoms with Crippen LogP contribution in [0.3, 0.4) is 0 Å². The van der Waals surface area contributed by atoms with Crippen LogP contribution in [0.25, 0.3) is 22.2 Å². The van der Waals surface area contributed by atoms with E-state index in [0.29, 0.717) is 22.4 Å². The summed E-state index contributed by atoms with van der Waals surface area (Å²) in [5.41, 5.74) is 1.82. The molecule has 5 rings (SSSR count). The smallest absolute Gasteiger partial charge is 0.349 e. The standard InChI is InChI=1S/C24H20N4O3/c29-23(19-15-17-6-1-2-9-21(17)31-24(19)30)25-18-8-5-7-16(14-18)20-10-11-22(27-26-20)28-12-3-4-13-28/h1-2,5-11,14-15H,3-4,12-13H2,(H,25,29). The Labute approximate surface area is 178 Å². The molecule has 0 aliphatic carbocycles. The van der Waals surface area contributed by atoms with E-state index in [0.717, 1.165) is 24.5 Å². The predicted molar refractivity (Wildman–Crippen MR) is 119 cm³/mol. The Kier molecular flexibility index (Phi) is 4.92. The van der Waals surface area contributed by atoms with E-state index < -0.39 is 11.5 Å². The van der Waals surface area contributed by atoms with E-state index in [1.165, 1.54) is 12.8 Å². The van der Waals surface area contributed by atoms with Gasteiger partial charge in [0.1, 0.15) is 11.1 Å². The van der Waals surface area contributed by atoms with Gasteiger partial charge in [-0.25, -0.2) is 4.79 Å². The van der Waals surface area contributed by atoms with E-state index in [9.17, 15) is 9.59 Å². The number of carbonyl (C=O) groups is 1. The van der Waals surface area contributed by atoms with Gasteiger partial charge in [0.15, 0.2) is 5.82 Å². The third-order valence-electron chi connectivity index (χ3n) is 5.38. The highest BCUT2D eigenvalue weighted by molar-refractivity contribution is 6.05. The van der Waals surface area contributed by atoms with Crippen LogP contribution in [0.5, 0.6) is 0 Å². The van der Waals surface area contributed by atoms with Crippen molar-refractivity contribution < 1.29 is 9.21 Å². The summed E-state index contributed by atoms with van der Waals surface area (Å²) in [4.78, 5) is 27.2. The first-order valence-electron chi connectivity index (χ1n) is 10.2. The average molecular weight is 412 g/mol. The van der Waals surface area contributed by atoms with Crippen molar-refractivity contribution in [1.82, 2.24) is 10.2 Å². The number of hydrogen-bond donors (Lipinski definition) is 1. The molecule has 7 nitrogen and oxygen atoms in total. The number of carbonyl (C=O) groups excluding carboxylic acids is 1. The van der Waals surface area contributed by atoms with Gasteiger partial charge in [0, 0.05) is 29.7 Å². The molecule has 2 aromatic heterocycles. The van der Waals surface area contributed by atoms with Gasteiger partial charge in [0.05, 0.1) is 5.69 Å². The molecule has 154 valence electrons. The molecule has 2 aromatic carbocycles. The number of fused-ring (bicyclic) bond motifs is 1. The minimum atomic E-state index is -0.671. The topological polar surface area (TPSA) is 88.3 Å². The lowest BCUT2D eigenvalue weighted by Gasteiger charge is -2.15. The van der Waals surface area contributed by atoms with Gasteiger partial charge in [-0.2, -0.15) is 0 Å². The fraction of sp³-hybridized carbons (Fsp3) is 0.167. The largest absolute Gasteiger partial charge is 0.422 e. The predicted octanol–water partition coefficient (Wildman–Crippen LogP) is 4.10. The van der Waals surface area contributed by atoms with Crippen LogP contribution in [0, 0.1) is 0 Å². The molecule has 7 heteroatoms. The maximum absolute atomic E-state index is 12.7. The molecule has 0 unspecified atom stereocenters. The fourth-order valence-corrected chi connectivity index (χ4v) is 3.77. The highest BCUT2D eigenvalue weighted by atomic mass is 16.4. The lowest BCUT2D eigenvalue weighted by atomic mass is 10.1. The van der Waals surface area contributed by atoms with Gasteiger partial charge in [0.25, 0.3) is 5.91 Å². The normalized spacial score (nSPS) is 13.5. The molecule has 1 amide bonds. The minimum Gasteiger partial charge on any atom is -0.422 e. The van der Waals surface area contributed by atoms with E-state index in [1.807, 2.05) is 30.3 Å². The second kappa shape index (κ2) is 8.02. The van der Waals surface area contributed by atoms with E-state index in [2.05, 4.69) is 20.4 Å². The molecular formula is C24H20N4O3. The second-order valence-electron chi connectivity index (χ2n) is 7.49. The molecule has 1 N–H and O–H groups in total. The van der Waals surface area contributed by atoms with Gasteiger partial charge < -0.3 is 14.6 Å². The number of anilines is 2. The van der Waals surface area contributed by atoms with Crippen LogP contribution in [-0.2, 0) is 0 Å². The van der Waals surface area contributed by atoms with Crippen molar-refractivity contribution in [2.45, 2.75) is 12.8 Å². The lowest BCUT2D eigenvalue weighted by molar-refractivity contribution is 0.102. The SMILES string of the molecule is O=C(Nc1cccc(-c2ccc(N3CCCC3)nn2)c1)c1cc2ccccc2oc1=O. The van der Waals surface area contributed by atoms with Crippen LogP contribution in [0.2, 0.25) is 0 Å². The van der Waals surface area contributed by atoms with Gasteiger partial charge in [-0.3, -0.25) is 4.79 Å². The van der Waals surface area contributed by atoms with E-state index in [4.69, 9.17) is 4.42 Å². The summed E-state index contributed by atoms with van der Waals surface area (Å²) in [6.07, 6.45) is 2.36. The van der Waals surface area contributed by atoms with Gasteiger partial charge in [0.2, 0.25) is 0 Å². The molecule has 31 heavy (non-hydrogen) atoms. The highest BCUT2D eigenvalue weighted by Crippen LogP contribution is 2.23. The Morgan fingerprint density at radius 1 is 0.935 bits per heavy atom. The van der Waals surface area contributed by atoms with Gasteiger partial charge in [-0.15, -0.1) is 10.2 Å². The minimum absolute atomic E-state index is 0.0427. The number of nitrogens with one attached hydrogen (secondary N) is 1. The Hall–Kier alpha value is -4.00. The van der Waals surface area contributed by atoms with Crippen LogP contribution in [0.4, 0.5) is 11.5 Å². The average Bonchev–Trinajstić information content (AvgIpc) is 3.34. The number of benzene rings is 2. The van der Waals surface area contributed by atoms with E-state index in [1.54, 1.807) is 36.4 Å². The molecular weight excluding hydrogens is 392 g/mol. The summed E-state index contributed by atoms with van der Waals surface area (Å²) >= 11 is 0.